The van der Waals surface area contributed by atoms with Gasteiger partial charge >= 0.3 is 5.97 Å². The largest absolute Gasteiger partial charge is 0.469 e. The van der Waals surface area contributed by atoms with Gasteiger partial charge in [0, 0.05) is 17.5 Å². The number of aliphatic imine (C=N–C) groups is 1. The van der Waals surface area contributed by atoms with Crippen LogP contribution in [0.25, 0.3) is 0 Å². The maximum Gasteiger partial charge on any atom is 0.308 e. The van der Waals surface area contributed by atoms with Gasteiger partial charge in [0.05, 0.1) is 44.8 Å². The number of nitrogens with one attached hydrogen (secondary N) is 4. The van der Waals surface area contributed by atoms with E-state index in [-0.39, 0.29) is 31.4 Å². The van der Waals surface area contributed by atoms with Crippen LogP contribution in [0.4, 0.5) is 0 Å². The number of hydrogen-bond donors (Lipinski definition) is 6. The molecule has 4 unspecified atom stereocenters. The first-order chi connectivity index (χ1) is 23.3. The van der Waals surface area contributed by atoms with E-state index in [0.29, 0.717) is 10.8 Å². The number of benzene rings is 1. The second-order valence-electron chi connectivity index (χ2n) is 14.9. The lowest BCUT2D eigenvalue weighted by Crippen LogP contribution is -2.63. The summed E-state index contributed by atoms with van der Waals surface area (Å²) in [5.41, 5.74) is 5.69. The molecule has 0 spiro atoms. The standard InChI is InChI=1S/C36H57N7O6S/c1-21(2)26(37)31(46)43-28(35(4,5)6)30(38-16-18-44)42-29(36(7,8)9)33(48)41-27(22(3)23-14-12-11-13-15-23)32(47)40-24(20-25(45)49-10)34-39-17-19-50-34/h11-15,17,19,21-22,24,26-29,44H,16,18,20,37H2,1-10H3,(H,38,42)(H,40,47)(H,41,48)(H,43,46)/t22?,24-,26?,27+,28?,29?/m1/s1. The van der Waals surface area contributed by atoms with E-state index >= 15 is 0 Å². The van der Waals surface area contributed by atoms with Gasteiger partial charge in [0.2, 0.25) is 17.7 Å². The molecule has 0 aliphatic carbocycles. The van der Waals surface area contributed by atoms with Gasteiger partial charge in [-0.1, -0.05) is 92.6 Å². The SMILES string of the molecule is COC(=O)C[C@@H](NC(=O)[C@@H](NC(=O)C(NC(=NCCO)C(NC(=O)C(N)C(C)C)C(C)(C)C)C(C)(C)C)C(C)c1ccccc1)c1nccs1. The first-order valence-electron chi connectivity index (χ1n) is 16.9. The summed E-state index contributed by atoms with van der Waals surface area (Å²) in [4.78, 5) is 63.0. The molecule has 3 amide bonds. The molecule has 278 valence electrons. The van der Waals surface area contributed by atoms with E-state index in [1.165, 1.54) is 18.4 Å². The van der Waals surface area contributed by atoms with Crippen molar-refractivity contribution < 1.29 is 29.0 Å². The molecule has 0 aliphatic heterocycles. The Kier molecular flexibility index (Phi) is 16.0. The Morgan fingerprint density at radius 1 is 0.900 bits per heavy atom. The lowest BCUT2D eigenvalue weighted by molar-refractivity contribution is -0.141. The van der Waals surface area contributed by atoms with Crippen LogP contribution in [0.15, 0.2) is 46.9 Å². The molecule has 50 heavy (non-hydrogen) atoms. The molecule has 0 aliphatic rings. The molecule has 1 aromatic carbocycles. The van der Waals surface area contributed by atoms with Crippen molar-refractivity contribution >= 4 is 40.9 Å². The second-order valence-corrected chi connectivity index (χ2v) is 15.8. The number of esters is 1. The number of carbonyl (C=O) groups is 4. The summed E-state index contributed by atoms with van der Waals surface area (Å²) in [5, 5.41) is 24.2. The van der Waals surface area contributed by atoms with E-state index in [2.05, 4.69) is 31.2 Å². The molecule has 0 saturated heterocycles. The van der Waals surface area contributed by atoms with Crippen molar-refractivity contribution in [2.45, 2.75) is 105 Å². The van der Waals surface area contributed by atoms with Crippen molar-refractivity contribution in [3.8, 4) is 0 Å². The van der Waals surface area contributed by atoms with Gasteiger partial charge < -0.3 is 36.8 Å². The first kappa shape index (κ1) is 42.3. The highest BCUT2D eigenvalue weighted by atomic mass is 32.1. The van der Waals surface area contributed by atoms with Crippen LogP contribution in [-0.4, -0.2) is 84.0 Å². The zero-order valence-corrected chi connectivity index (χ0v) is 31.9. The Balaban J connectivity index is 2.55. The van der Waals surface area contributed by atoms with Crippen molar-refractivity contribution in [3.05, 3.63) is 52.5 Å². The summed E-state index contributed by atoms with van der Waals surface area (Å²) >= 11 is 1.29. The topological polar surface area (TPSA) is 197 Å². The van der Waals surface area contributed by atoms with E-state index in [0.717, 1.165) is 5.56 Å². The van der Waals surface area contributed by atoms with Crippen LogP contribution >= 0.6 is 11.3 Å². The molecule has 1 aromatic heterocycles. The fourth-order valence-corrected chi connectivity index (χ4v) is 5.86. The lowest BCUT2D eigenvalue weighted by atomic mass is 9.82. The Hall–Kier alpha value is -3.88. The van der Waals surface area contributed by atoms with E-state index in [9.17, 15) is 24.3 Å². The van der Waals surface area contributed by atoms with Crippen molar-refractivity contribution in [1.29, 1.82) is 0 Å². The number of aromatic nitrogens is 1. The lowest BCUT2D eigenvalue weighted by Gasteiger charge is -2.39. The number of nitrogens with two attached hydrogens (primary N) is 1. The highest BCUT2D eigenvalue weighted by molar-refractivity contribution is 7.09. The normalized spacial score (nSPS) is 16.0. The van der Waals surface area contributed by atoms with E-state index in [1.54, 1.807) is 11.6 Å². The fraction of sp³-hybridized carbons (Fsp3) is 0.611. The molecule has 1 heterocycles. The number of thiazole rings is 1. The van der Waals surface area contributed by atoms with Crippen LogP contribution in [0.3, 0.4) is 0 Å². The highest BCUT2D eigenvalue weighted by Crippen LogP contribution is 2.27. The summed E-state index contributed by atoms with van der Waals surface area (Å²) in [5.74, 6) is -2.21. The summed E-state index contributed by atoms with van der Waals surface area (Å²) in [7, 11) is 1.27. The quantitative estimate of drug-likeness (QED) is 0.0860. The number of methoxy groups -OCH3 is 1. The van der Waals surface area contributed by atoms with Crippen LogP contribution in [0.5, 0.6) is 0 Å². The third kappa shape index (κ3) is 12.5. The number of aliphatic hydroxyl groups is 1. The zero-order chi connectivity index (χ0) is 37.8. The van der Waals surface area contributed by atoms with Gasteiger partial charge in [-0.2, -0.15) is 0 Å². The number of ether oxygens (including phenoxy) is 1. The van der Waals surface area contributed by atoms with Crippen LogP contribution in [0, 0.1) is 16.7 Å². The molecular formula is C36H57N7O6S. The molecule has 2 aromatic rings. The second kappa shape index (κ2) is 18.9. The van der Waals surface area contributed by atoms with Crippen LogP contribution < -0.4 is 27.0 Å². The monoisotopic (exact) mass is 715 g/mol. The van der Waals surface area contributed by atoms with Gasteiger partial charge in [0.25, 0.3) is 0 Å². The summed E-state index contributed by atoms with van der Waals surface area (Å²) in [6.07, 6.45) is 1.44. The van der Waals surface area contributed by atoms with Crippen LogP contribution in [0.2, 0.25) is 0 Å². The molecule has 0 radical (unpaired) electrons. The number of carbonyl (C=O) groups excluding carboxylic acids is 4. The van der Waals surface area contributed by atoms with Gasteiger partial charge in [-0.15, -0.1) is 11.3 Å². The van der Waals surface area contributed by atoms with E-state index < -0.39 is 64.7 Å². The minimum absolute atomic E-state index is 0.0217. The molecule has 13 nitrogen and oxygen atoms in total. The third-order valence-corrected chi connectivity index (χ3v) is 9.21. The predicted octanol–water partition coefficient (Wildman–Crippen LogP) is 3.06. The Bertz CT molecular complexity index is 1420. The van der Waals surface area contributed by atoms with Gasteiger partial charge in [-0.25, -0.2) is 4.98 Å². The molecule has 2 rings (SSSR count). The van der Waals surface area contributed by atoms with Crippen molar-refractivity contribution in [3.63, 3.8) is 0 Å². The summed E-state index contributed by atoms with van der Waals surface area (Å²) in [6, 6.07) is 5.05. The number of rotatable bonds is 16. The molecule has 14 heteroatoms. The fourth-order valence-electron chi connectivity index (χ4n) is 5.17. The molecule has 0 fully saturated rings. The maximum absolute atomic E-state index is 14.4. The Labute approximate surface area is 300 Å². The van der Waals surface area contributed by atoms with Crippen LogP contribution in [-0.2, 0) is 23.9 Å². The van der Waals surface area contributed by atoms with E-state index in [1.807, 2.05) is 92.6 Å². The van der Waals surface area contributed by atoms with Gasteiger partial charge in [0.15, 0.2) is 0 Å². The Morgan fingerprint density at radius 2 is 1.52 bits per heavy atom. The highest BCUT2D eigenvalue weighted by Gasteiger charge is 2.40. The van der Waals surface area contributed by atoms with Crippen molar-refractivity contribution in [2.24, 2.45) is 27.5 Å². The molecule has 0 bridgehead atoms. The first-order valence-corrected chi connectivity index (χ1v) is 17.8. The summed E-state index contributed by atoms with van der Waals surface area (Å²) in [6.45, 7) is 16.7. The molecular weight excluding hydrogens is 659 g/mol. The maximum atomic E-state index is 14.4. The number of amides is 3. The Morgan fingerprint density at radius 3 is 2.02 bits per heavy atom. The minimum atomic E-state index is -1.07. The molecule has 6 atom stereocenters. The van der Waals surface area contributed by atoms with Gasteiger partial charge in [-0.05, 0) is 22.3 Å². The summed E-state index contributed by atoms with van der Waals surface area (Å²) < 4.78 is 4.88. The van der Waals surface area contributed by atoms with Crippen LogP contribution in [0.1, 0.15) is 91.3 Å². The molecule has 7 N–H and O–H groups in total. The van der Waals surface area contributed by atoms with Crippen molar-refractivity contribution in [2.75, 3.05) is 20.3 Å². The third-order valence-electron chi connectivity index (χ3n) is 8.32. The van der Waals surface area contributed by atoms with Gasteiger partial charge in [-0.3, -0.25) is 24.2 Å². The average molecular weight is 716 g/mol. The van der Waals surface area contributed by atoms with Crippen molar-refractivity contribution in [1.82, 2.24) is 26.3 Å². The average Bonchev–Trinajstić information content (AvgIpc) is 3.59. The number of hydrogen-bond acceptors (Lipinski definition) is 10. The zero-order valence-electron chi connectivity index (χ0n) is 31.1. The number of amidine groups is 1. The smallest absolute Gasteiger partial charge is 0.308 e. The molecule has 0 saturated carbocycles. The van der Waals surface area contributed by atoms with Gasteiger partial charge in [0.1, 0.15) is 22.9 Å². The number of aliphatic hydroxyl groups excluding tert-OH is 1. The predicted molar refractivity (Wildman–Crippen MR) is 196 cm³/mol. The number of nitrogens with zero attached hydrogens (tertiary/aromatic N) is 2. The van der Waals surface area contributed by atoms with E-state index in [4.69, 9.17) is 10.5 Å². The minimum Gasteiger partial charge on any atom is -0.469 e.